The lowest BCUT2D eigenvalue weighted by molar-refractivity contribution is 0.0992. The van der Waals surface area contributed by atoms with E-state index in [2.05, 4.69) is 41.3 Å². The fourth-order valence-electron chi connectivity index (χ4n) is 4.06. The Kier molecular flexibility index (Phi) is 6.36. The van der Waals surface area contributed by atoms with Gasteiger partial charge in [0.15, 0.2) is 5.96 Å². The molecule has 0 aromatic heterocycles. The molecular formula is C18H35N5O. The number of hydrogen-bond donors (Lipinski definition) is 2. The molecule has 0 aliphatic carbocycles. The van der Waals surface area contributed by atoms with Crippen molar-refractivity contribution in [1.82, 2.24) is 20.4 Å². The summed E-state index contributed by atoms with van der Waals surface area (Å²) in [6, 6.07) is 0.439. The van der Waals surface area contributed by atoms with Gasteiger partial charge < -0.3 is 25.2 Å². The molecular weight excluding hydrogens is 302 g/mol. The van der Waals surface area contributed by atoms with E-state index in [4.69, 9.17) is 9.73 Å². The van der Waals surface area contributed by atoms with Crippen LogP contribution < -0.4 is 10.6 Å². The topological polar surface area (TPSA) is 52.1 Å². The van der Waals surface area contributed by atoms with Gasteiger partial charge in [-0.3, -0.25) is 4.99 Å². The van der Waals surface area contributed by atoms with Crippen LogP contribution in [-0.4, -0.2) is 86.9 Å². The quantitative estimate of drug-likeness (QED) is 0.553. The highest BCUT2D eigenvalue weighted by Crippen LogP contribution is 2.34. The number of likely N-dealkylation sites (N-methyl/N-ethyl adjacent to an activating group) is 1. The minimum Gasteiger partial charge on any atom is -0.373 e. The van der Waals surface area contributed by atoms with E-state index in [-0.39, 0.29) is 0 Å². The van der Waals surface area contributed by atoms with E-state index in [0.29, 0.717) is 24.2 Å². The SMILES string of the molecule is CCNC(=NCC(C)CN1CCN(C)CC1)NC1CC2CCC1O2. The lowest BCUT2D eigenvalue weighted by Gasteiger charge is -2.33. The molecule has 138 valence electrons. The van der Waals surface area contributed by atoms with Gasteiger partial charge in [-0.25, -0.2) is 0 Å². The molecule has 0 aromatic carbocycles. The molecule has 4 unspecified atom stereocenters. The van der Waals surface area contributed by atoms with E-state index >= 15 is 0 Å². The van der Waals surface area contributed by atoms with Crippen LogP contribution in [0.15, 0.2) is 4.99 Å². The Labute approximate surface area is 147 Å². The zero-order valence-corrected chi connectivity index (χ0v) is 15.6. The summed E-state index contributed by atoms with van der Waals surface area (Å²) in [5.41, 5.74) is 0. The molecule has 24 heavy (non-hydrogen) atoms. The van der Waals surface area contributed by atoms with E-state index in [1.165, 1.54) is 39.0 Å². The number of piperazine rings is 1. The summed E-state index contributed by atoms with van der Waals surface area (Å²) in [5.74, 6) is 1.55. The highest BCUT2D eigenvalue weighted by Gasteiger charge is 2.41. The largest absolute Gasteiger partial charge is 0.373 e. The third-order valence-corrected chi connectivity index (χ3v) is 5.50. The second kappa shape index (κ2) is 8.50. The Hall–Kier alpha value is -0.850. The van der Waals surface area contributed by atoms with Crippen LogP contribution in [0.4, 0.5) is 0 Å². The molecule has 0 radical (unpaired) electrons. The number of aliphatic imine (C=N–C) groups is 1. The van der Waals surface area contributed by atoms with E-state index < -0.39 is 0 Å². The normalized spacial score (nSPS) is 33.0. The fourth-order valence-corrected chi connectivity index (χ4v) is 4.06. The Balaban J connectivity index is 1.44. The third-order valence-electron chi connectivity index (χ3n) is 5.50. The highest BCUT2D eigenvalue weighted by atomic mass is 16.5. The van der Waals surface area contributed by atoms with Crippen LogP contribution in [0.25, 0.3) is 0 Å². The molecule has 0 saturated carbocycles. The monoisotopic (exact) mass is 337 g/mol. The number of fused-ring (bicyclic) bond motifs is 2. The van der Waals surface area contributed by atoms with Crippen LogP contribution in [0.1, 0.15) is 33.1 Å². The van der Waals surface area contributed by atoms with Crippen LogP contribution in [0.5, 0.6) is 0 Å². The molecule has 3 aliphatic rings. The molecule has 3 aliphatic heterocycles. The van der Waals surface area contributed by atoms with Crippen LogP contribution >= 0.6 is 0 Å². The Morgan fingerprint density at radius 2 is 2.04 bits per heavy atom. The first kappa shape index (κ1) is 18.0. The van der Waals surface area contributed by atoms with Gasteiger partial charge in [-0.15, -0.1) is 0 Å². The van der Waals surface area contributed by atoms with Crippen LogP contribution in [0.3, 0.4) is 0 Å². The summed E-state index contributed by atoms with van der Waals surface area (Å²) >= 11 is 0. The number of nitrogens with one attached hydrogen (secondary N) is 2. The van der Waals surface area contributed by atoms with Crippen molar-refractivity contribution in [2.45, 2.75) is 51.4 Å². The van der Waals surface area contributed by atoms with Crippen molar-refractivity contribution in [3.8, 4) is 0 Å². The maximum Gasteiger partial charge on any atom is 0.191 e. The summed E-state index contributed by atoms with van der Waals surface area (Å²) in [5, 5.41) is 7.00. The van der Waals surface area contributed by atoms with Gasteiger partial charge >= 0.3 is 0 Å². The zero-order valence-electron chi connectivity index (χ0n) is 15.6. The van der Waals surface area contributed by atoms with Crippen molar-refractivity contribution >= 4 is 5.96 Å². The van der Waals surface area contributed by atoms with Gasteiger partial charge in [0.25, 0.3) is 0 Å². The predicted octanol–water partition coefficient (Wildman–Crippen LogP) is 0.745. The standard InChI is InChI=1S/C18H35N5O/c1-4-19-18(21-16-11-15-5-6-17(16)24-15)20-12-14(2)13-23-9-7-22(3)8-10-23/h14-17H,4-13H2,1-3H3,(H2,19,20,21). The lowest BCUT2D eigenvalue weighted by atomic mass is 9.96. The van der Waals surface area contributed by atoms with Crippen LogP contribution in [0, 0.1) is 5.92 Å². The molecule has 2 bridgehead atoms. The van der Waals surface area contributed by atoms with E-state index in [9.17, 15) is 0 Å². The Morgan fingerprint density at radius 1 is 1.25 bits per heavy atom. The van der Waals surface area contributed by atoms with E-state index in [1.54, 1.807) is 0 Å². The van der Waals surface area contributed by atoms with Gasteiger partial charge in [0.05, 0.1) is 18.2 Å². The average molecular weight is 338 g/mol. The van der Waals surface area contributed by atoms with Crippen molar-refractivity contribution in [2.24, 2.45) is 10.9 Å². The van der Waals surface area contributed by atoms with Crippen molar-refractivity contribution in [2.75, 3.05) is 52.9 Å². The number of hydrogen-bond acceptors (Lipinski definition) is 4. The maximum atomic E-state index is 5.94. The molecule has 0 aromatic rings. The van der Waals surface area contributed by atoms with Crippen LogP contribution in [-0.2, 0) is 4.74 Å². The molecule has 0 amide bonds. The van der Waals surface area contributed by atoms with Gasteiger partial charge in [-0.05, 0) is 39.2 Å². The minimum atomic E-state index is 0.390. The average Bonchev–Trinajstić information content (AvgIpc) is 3.18. The molecule has 2 N–H and O–H groups in total. The Bertz CT molecular complexity index is 422. The molecule has 3 fully saturated rings. The summed E-state index contributed by atoms with van der Waals surface area (Å²) in [6.45, 7) is 12.1. The van der Waals surface area contributed by atoms with Crippen molar-refractivity contribution in [1.29, 1.82) is 0 Å². The van der Waals surface area contributed by atoms with Crippen molar-refractivity contribution in [3.63, 3.8) is 0 Å². The lowest BCUT2D eigenvalue weighted by Crippen LogP contribution is -2.48. The van der Waals surface area contributed by atoms with Gasteiger partial charge in [-0.2, -0.15) is 0 Å². The first-order valence-corrected chi connectivity index (χ1v) is 9.75. The van der Waals surface area contributed by atoms with Crippen molar-refractivity contribution < 1.29 is 4.74 Å². The molecule has 3 saturated heterocycles. The predicted molar refractivity (Wildman–Crippen MR) is 98.5 cm³/mol. The summed E-state index contributed by atoms with van der Waals surface area (Å²) in [6.07, 6.45) is 4.43. The zero-order chi connectivity index (χ0) is 16.9. The minimum absolute atomic E-state index is 0.390. The van der Waals surface area contributed by atoms with Gasteiger partial charge in [0, 0.05) is 45.8 Å². The van der Waals surface area contributed by atoms with Gasteiger partial charge in [0.2, 0.25) is 0 Å². The highest BCUT2D eigenvalue weighted by molar-refractivity contribution is 5.80. The summed E-state index contributed by atoms with van der Waals surface area (Å²) in [4.78, 5) is 9.82. The number of ether oxygens (including phenoxy) is 1. The molecule has 0 spiro atoms. The van der Waals surface area contributed by atoms with Crippen molar-refractivity contribution in [3.05, 3.63) is 0 Å². The summed E-state index contributed by atoms with van der Waals surface area (Å²) < 4.78 is 5.94. The smallest absolute Gasteiger partial charge is 0.191 e. The number of nitrogens with zero attached hydrogens (tertiary/aromatic N) is 3. The first-order chi connectivity index (χ1) is 11.6. The number of rotatable bonds is 6. The Morgan fingerprint density at radius 3 is 2.67 bits per heavy atom. The third kappa shape index (κ3) is 4.83. The first-order valence-electron chi connectivity index (χ1n) is 9.75. The molecule has 6 heteroatoms. The molecule has 3 heterocycles. The molecule has 6 nitrogen and oxygen atoms in total. The van der Waals surface area contributed by atoms with E-state index in [0.717, 1.165) is 32.0 Å². The number of guanidine groups is 1. The van der Waals surface area contributed by atoms with Crippen LogP contribution in [0.2, 0.25) is 0 Å². The second-order valence-corrected chi connectivity index (χ2v) is 7.79. The summed E-state index contributed by atoms with van der Waals surface area (Å²) in [7, 11) is 2.21. The fraction of sp³-hybridized carbons (Fsp3) is 0.944. The molecule has 4 atom stereocenters. The van der Waals surface area contributed by atoms with Gasteiger partial charge in [0.1, 0.15) is 0 Å². The second-order valence-electron chi connectivity index (χ2n) is 7.79. The maximum absolute atomic E-state index is 5.94. The molecule has 3 rings (SSSR count). The van der Waals surface area contributed by atoms with E-state index in [1.807, 2.05) is 0 Å². The van der Waals surface area contributed by atoms with Gasteiger partial charge in [-0.1, -0.05) is 6.92 Å².